The molecule has 0 fully saturated rings. The van der Waals surface area contributed by atoms with Crippen LogP contribution in [0.1, 0.15) is 91.5 Å². The number of allylic oxidation sites excluding steroid dienone is 8. The van der Waals surface area contributed by atoms with Gasteiger partial charge in [-0.05, 0) is 96.9 Å². The zero-order chi connectivity index (χ0) is 35.8. The van der Waals surface area contributed by atoms with E-state index in [4.69, 9.17) is 4.79 Å². The second-order valence-corrected chi connectivity index (χ2v) is 14.9. The van der Waals surface area contributed by atoms with Crippen molar-refractivity contribution in [2.75, 3.05) is 0 Å². The van der Waals surface area contributed by atoms with Gasteiger partial charge in [-0.1, -0.05) is 172 Å². The van der Waals surface area contributed by atoms with Crippen LogP contribution < -0.4 is 0 Å². The molecule has 4 aromatic rings. The van der Waals surface area contributed by atoms with Crippen LogP contribution in [-0.4, -0.2) is 6.79 Å². The molecule has 1 heteroatoms. The second-order valence-electron chi connectivity index (χ2n) is 14.9. The second kappa shape index (κ2) is 16.3. The van der Waals surface area contributed by atoms with Gasteiger partial charge in [-0.25, -0.2) is 0 Å². The highest BCUT2D eigenvalue weighted by Gasteiger charge is 2.50. The van der Waals surface area contributed by atoms with Gasteiger partial charge in [0, 0.05) is 17.3 Å². The quantitative estimate of drug-likeness (QED) is 0.210. The van der Waals surface area contributed by atoms with E-state index in [1.807, 2.05) is 6.79 Å². The van der Waals surface area contributed by atoms with Crippen molar-refractivity contribution in [3.8, 4) is 0 Å². The third-order valence-corrected chi connectivity index (χ3v) is 10.5. The van der Waals surface area contributed by atoms with Crippen molar-refractivity contribution in [2.24, 2.45) is 11.8 Å². The lowest BCUT2D eigenvalue weighted by molar-refractivity contribution is -0.0980. The van der Waals surface area contributed by atoms with Crippen molar-refractivity contribution in [1.82, 2.24) is 0 Å². The lowest BCUT2D eigenvalue weighted by atomic mass is 9.52. The summed E-state index contributed by atoms with van der Waals surface area (Å²) in [6.45, 7) is 22.4. The molecule has 0 saturated heterocycles. The first-order chi connectivity index (χ1) is 23.5. The summed E-state index contributed by atoms with van der Waals surface area (Å²) in [5, 5.41) is 0. The summed E-state index contributed by atoms with van der Waals surface area (Å²) in [7, 11) is 0. The lowest BCUT2D eigenvalue weighted by Crippen LogP contribution is -2.44. The van der Waals surface area contributed by atoms with Gasteiger partial charge in [-0.3, -0.25) is 0 Å². The Morgan fingerprint density at radius 2 is 1.16 bits per heavy atom. The van der Waals surface area contributed by atoms with E-state index in [1.54, 1.807) is 0 Å². The molecule has 0 amide bonds. The van der Waals surface area contributed by atoms with Gasteiger partial charge >= 0.3 is 0 Å². The van der Waals surface area contributed by atoms with Crippen molar-refractivity contribution in [1.29, 1.82) is 0 Å². The van der Waals surface area contributed by atoms with Gasteiger partial charge in [0.1, 0.15) is 6.79 Å². The van der Waals surface area contributed by atoms with Crippen LogP contribution in [-0.2, 0) is 15.6 Å². The van der Waals surface area contributed by atoms with Crippen LogP contribution in [0.15, 0.2) is 145 Å². The molecule has 6 rings (SSSR count). The third-order valence-electron chi connectivity index (χ3n) is 10.5. The Hall–Kier alpha value is -4.49. The van der Waals surface area contributed by atoms with Crippen molar-refractivity contribution in [3.05, 3.63) is 189 Å². The topological polar surface area (TPSA) is 17.1 Å². The number of aryl methyl sites for hydroxylation is 4. The van der Waals surface area contributed by atoms with Crippen molar-refractivity contribution < 1.29 is 4.79 Å². The molecular weight excluding hydrogens is 593 g/mol. The van der Waals surface area contributed by atoms with E-state index < -0.39 is 0 Å². The molecule has 0 radical (unpaired) electrons. The maximum absolute atomic E-state index is 8.00. The predicted octanol–water partition coefficient (Wildman–Crippen LogP) is 12.4. The Morgan fingerprint density at radius 3 is 1.67 bits per heavy atom. The number of rotatable bonds is 5. The minimum absolute atomic E-state index is 0.284. The van der Waals surface area contributed by atoms with Crippen LogP contribution in [0.3, 0.4) is 0 Å². The fraction of sp³-hybridized carbons (Fsp3) is 0.312. The molecule has 3 atom stereocenters. The Balaban J connectivity index is 0.000000352. The van der Waals surface area contributed by atoms with E-state index in [0.717, 1.165) is 6.42 Å². The summed E-state index contributed by atoms with van der Waals surface area (Å²) in [5.41, 5.74) is 14.1. The molecule has 4 aromatic carbocycles. The molecule has 49 heavy (non-hydrogen) atoms. The average Bonchev–Trinajstić information content (AvgIpc) is 3.09. The number of hydrogen-bond donors (Lipinski definition) is 0. The molecule has 0 aliphatic heterocycles. The predicted molar refractivity (Wildman–Crippen MR) is 211 cm³/mol. The Morgan fingerprint density at radius 1 is 0.633 bits per heavy atom. The monoisotopic (exact) mass is 648 g/mol. The highest BCUT2D eigenvalue weighted by Crippen LogP contribution is 2.58. The molecule has 0 N–H and O–H groups in total. The minimum Gasteiger partial charge on any atom is -0.307 e. The van der Waals surface area contributed by atoms with Crippen molar-refractivity contribution in [3.63, 3.8) is 0 Å². The zero-order valence-corrected chi connectivity index (χ0v) is 31.3. The van der Waals surface area contributed by atoms with Crippen LogP contribution in [0.25, 0.3) is 0 Å². The third kappa shape index (κ3) is 7.88. The zero-order valence-electron chi connectivity index (χ0n) is 31.3. The Kier molecular flexibility index (Phi) is 12.4. The first-order valence-electron chi connectivity index (χ1n) is 17.7. The maximum atomic E-state index is 8.00. The van der Waals surface area contributed by atoms with Gasteiger partial charge in [0.05, 0.1) is 0 Å². The van der Waals surface area contributed by atoms with E-state index in [2.05, 4.69) is 196 Å². The smallest absolute Gasteiger partial charge is 0.106 e. The SMILES string of the molecule is C=O.CC1=CC=CCC1C(C1=CC=CC(C)C1c1ccccc1C)(c1ccccc1C)c1ccccc1C.Cc1ccc(C(C)(C)C)cc1. The fourth-order valence-electron chi connectivity index (χ4n) is 7.97. The molecule has 2 aliphatic carbocycles. The fourth-order valence-corrected chi connectivity index (χ4v) is 7.97. The first kappa shape index (κ1) is 37.3. The van der Waals surface area contributed by atoms with Gasteiger partial charge in [0.15, 0.2) is 0 Å². The van der Waals surface area contributed by atoms with Crippen molar-refractivity contribution >= 4 is 6.79 Å². The summed E-state index contributed by atoms with van der Waals surface area (Å²) >= 11 is 0. The standard InChI is InChI=1S/C36H38.C11H16.CH2O/c1-25-15-6-10-20-30(25)35-29(5)19-14-24-34(35)36(31-21-11-7-16-26(31)2,32-22-12-8-17-27(32)3)33-23-13-9-18-28(33)4;1-9-5-7-10(8-6-9)11(2,3)4;1-2/h6-22,24,29,33,35H,23H2,1-5H3;5-8H,1-4H3;1H2. The summed E-state index contributed by atoms with van der Waals surface area (Å²) in [4.78, 5) is 8.00. The molecule has 3 unspecified atom stereocenters. The van der Waals surface area contributed by atoms with Gasteiger partial charge in [0.2, 0.25) is 0 Å². The van der Waals surface area contributed by atoms with Gasteiger partial charge in [0.25, 0.3) is 0 Å². The van der Waals surface area contributed by atoms with E-state index >= 15 is 0 Å². The molecular formula is C48H56O. The number of benzene rings is 4. The summed E-state index contributed by atoms with van der Waals surface area (Å²) in [6, 6.07) is 36.0. The largest absolute Gasteiger partial charge is 0.307 e. The molecule has 0 aromatic heterocycles. The van der Waals surface area contributed by atoms with Crippen LogP contribution in [0.5, 0.6) is 0 Å². The Labute approximate surface area is 297 Å². The highest BCUT2D eigenvalue weighted by atomic mass is 16.1. The van der Waals surface area contributed by atoms with Crippen LogP contribution >= 0.6 is 0 Å². The number of carbonyl (C=O) groups is 1. The molecule has 0 heterocycles. The summed E-state index contributed by atoms with van der Waals surface area (Å²) in [5.74, 6) is 1.04. The van der Waals surface area contributed by atoms with Crippen LogP contribution in [0.2, 0.25) is 0 Å². The minimum atomic E-state index is -0.284. The van der Waals surface area contributed by atoms with E-state index in [1.165, 1.54) is 55.7 Å². The molecule has 1 nitrogen and oxygen atoms in total. The normalized spacial score (nSPS) is 18.7. The molecule has 0 spiro atoms. The van der Waals surface area contributed by atoms with Gasteiger partial charge < -0.3 is 4.79 Å². The molecule has 0 saturated carbocycles. The van der Waals surface area contributed by atoms with Crippen molar-refractivity contribution in [2.45, 2.75) is 85.5 Å². The first-order valence-corrected chi connectivity index (χ1v) is 17.7. The number of hydrogen-bond acceptors (Lipinski definition) is 1. The van der Waals surface area contributed by atoms with E-state index in [-0.39, 0.29) is 10.8 Å². The van der Waals surface area contributed by atoms with E-state index in [0.29, 0.717) is 17.8 Å². The molecule has 0 bridgehead atoms. The molecule has 2 aliphatic rings. The van der Waals surface area contributed by atoms with Gasteiger partial charge in [-0.15, -0.1) is 0 Å². The maximum Gasteiger partial charge on any atom is 0.106 e. The average molecular weight is 649 g/mol. The van der Waals surface area contributed by atoms with Gasteiger partial charge in [-0.2, -0.15) is 0 Å². The number of carbonyl (C=O) groups excluding carboxylic acids is 1. The lowest BCUT2D eigenvalue weighted by Gasteiger charge is -2.50. The highest BCUT2D eigenvalue weighted by molar-refractivity contribution is 5.61. The van der Waals surface area contributed by atoms with Crippen LogP contribution in [0, 0.1) is 39.5 Å². The summed E-state index contributed by atoms with van der Waals surface area (Å²) in [6.07, 6.45) is 15.1. The molecule has 254 valence electrons. The Bertz CT molecular complexity index is 1780. The van der Waals surface area contributed by atoms with Crippen LogP contribution in [0.4, 0.5) is 0 Å². The van der Waals surface area contributed by atoms with E-state index in [9.17, 15) is 0 Å². The summed E-state index contributed by atoms with van der Waals surface area (Å²) < 4.78 is 0.